The van der Waals surface area contributed by atoms with Gasteiger partial charge in [0.15, 0.2) is 0 Å². The predicted molar refractivity (Wildman–Crippen MR) is 89.0 cm³/mol. The Bertz CT molecular complexity index is 559. The lowest BCUT2D eigenvalue weighted by molar-refractivity contribution is -0.144. The number of urea groups is 1. The first-order chi connectivity index (χ1) is 11.1. The predicted octanol–water partition coefficient (Wildman–Crippen LogP) is 2.95. The van der Waals surface area contributed by atoms with Crippen molar-refractivity contribution in [1.29, 1.82) is 0 Å². The molecule has 0 radical (unpaired) electrons. The third-order valence-corrected chi connectivity index (χ3v) is 4.63. The zero-order chi connectivity index (χ0) is 16.8. The van der Waals surface area contributed by atoms with Gasteiger partial charge < -0.3 is 15.4 Å². The number of benzene rings is 1. The van der Waals surface area contributed by atoms with Gasteiger partial charge in [0.25, 0.3) is 0 Å². The van der Waals surface area contributed by atoms with E-state index in [1.54, 1.807) is 0 Å². The average molecular weight is 318 g/mol. The maximum atomic E-state index is 12.3. The van der Waals surface area contributed by atoms with E-state index in [2.05, 4.69) is 22.8 Å². The summed E-state index contributed by atoms with van der Waals surface area (Å²) in [7, 11) is 1.34. The zero-order valence-corrected chi connectivity index (χ0v) is 14.1. The normalized spacial score (nSPS) is 19.2. The number of carbonyl (C=O) groups is 2. The SMILES string of the molecule is CC[C@H](C)[C@@H](NC(=O)N[C@@H]1CCCc2ccccc21)C(=O)OC. The molecule has 0 aliphatic heterocycles. The summed E-state index contributed by atoms with van der Waals surface area (Å²) in [5.74, 6) is -0.384. The molecule has 1 aliphatic rings. The Hall–Kier alpha value is -2.04. The number of carbonyl (C=O) groups excluding carboxylic acids is 2. The van der Waals surface area contributed by atoms with E-state index in [4.69, 9.17) is 4.74 Å². The molecule has 5 heteroatoms. The summed E-state index contributed by atoms with van der Waals surface area (Å²) >= 11 is 0. The molecular weight excluding hydrogens is 292 g/mol. The lowest BCUT2D eigenvalue weighted by Crippen LogP contribution is -2.50. The molecule has 1 aromatic carbocycles. The fraction of sp³-hybridized carbons (Fsp3) is 0.556. The summed E-state index contributed by atoms with van der Waals surface area (Å²) in [6, 6.07) is 7.25. The highest BCUT2D eigenvalue weighted by Crippen LogP contribution is 2.29. The molecule has 0 fully saturated rings. The molecule has 2 amide bonds. The Morgan fingerprint density at radius 1 is 1.35 bits per heavy atom. The molecule has 0 unspecified atom stereocenters. The first-order valence-corrected chi connectivity index (χ1v) is 8.29. The number of methoxy groups -OCH3 is 1. The third-order valence-electron chi connectivity index (χ3n) is 4.63. The number of nitrogens with one attached hydrogen (secondary N) is 2. The number of fused-ring (bicyclic) bond motifs is 1. The van der Waals surface area contributed by atoms with Crippen molar-refractivity contribution < 1.29 is 14.3 Å². The van der Waals surface area contributed by atoms with Crippen LogP contribution in [0.15, 0.2) is 24.3 Å². The third kappa shape index (κ3) is 4.24. The van der Waals surface area contributed by atoms with Crippen LogP contribution in [0.25, 0.3) is 0 Å². The molecule has 1 aliphatic carbocycles. The van der Waals surface area contributed by atoms with Crippen molar-refractivity contribution in [3.63, 3.8) is 0 Å². The Labute approximate surface area is 137 Å². The summed E-state index contributed by atoms with van der Waals surface area (Å²) in [6.45, 7) is 3.91. The van der Waals surface area contributed by atoms with Gasteiger partial charge in [-0.15, -0.1) is 0 Å². The van der Waals surface area contributed by atoms with Gasteiger partial charge in [0, 0.05) is 0 Å². The summed E-state index contributed by atoms with van der Waals surface area (Å²) in [5.41, 5.74) is 2.46. The standard InChI is InChI=1S/C18H26N2O3/c1-4-12(2)16(17(21)23-3)20-18(22)19-15-11-7-9-13-8-5-6-10-14(13)15/h5-6,8,10,12,15-16H,4,7,9,11H2,1-3H3,(H2,19,20,22)/t12-,15+,16+/m0/s1. The van der Waals surface area contributed by atoms with Crippen molar-refractivity contribution >= 4 is 12.0 Å². The maximum absolute atomic E-state index is 12.3. The number of amides is 2. The molecule has 126 valence electrons. The van der Waals surface area contributed by atoms with Crippen LogP contribution in [0.4, 0.5) is 4.79 Å². The van der Waals surface area contributed by atoms with E-state index in [0.717, 1.165) is 25.7 Å². The quantitative estimate of drug-likeness (QED) is 0.820. The van der Waals surface area contributed by atoms with Crippen molar-refractivity contribution in [1.82, 2.24) is 10.6 Å². The van der Waals surface area contributed by atoms with Crippen molar-refractivity contribution in [3.05, 3.63) is 35.4 Å². The zero-order valence-electron chi connectivity index (χ0n) is 14.1. The Kier molecular flexibility index (Phi) is 6.02. The molecule has 3 atom stereocenters. The van der Waals surface area contributed by atoms with Crippen molar-refractivity contribution in [3.8, 4) is 0 Å². The lowest BCUT2D eigenvalue weighted by atomic mass is 9.88. The minimum atomic E-state index is -0.621. The van der Waals surface area contributed by atoms with Crippen LogP contribution in [0.1, 0.15) is 50.3 Å². The highest BCUT2D eigenvalue weighted by molar-refractivity contribution is 5.84. The van der Waals surface area contributed by atoms with Crippen molar-refractivity contribution in [2.45, 2.75) is 51.6 Å². The van der Waals surface area contributed by atoms with Crippen LogP contribution in [0.5, 0.6) is 0 Å². The molecule has 0 aromatic heterocycles. The van der Waals surface area contributed by atoms with Crippen LogP contribution in [-0.2, 0) is 16.0 Å². The minimum absolute atomic E-state index is 0.00446. The van der Waals surface area contributed by atoms with E-state index < -0.39 is 12.0 Å². The van der Waals surface area contributed by atoms with Gasteiger partial charge in [-0.3, -0.25) is 0 Å². The van der Waals surface area contributed by atoms with E-state index >= 15 is 0 Å². The number of hydrogen-bond donors (Lipinski definition) is 2. The molecule has 5 nitrogen and oxygen atoms in total. The minimum Gasteiger partial charge on any atom is -0.467 e. The largest absolute Gasteiger partial charge is 0.467 e. The number of esters is 1. The molecule has 0 saturated carbocycles. The molecule has 0 heterocycles. The van der Waals surface area contributed by atoms with Crippen LogP contribution in [0.2, 0.25) is 0 Å². The molecule has 23 heavy (non-hydrogen) atoms. The first-order valence-electron chi connectivity index (χ1n) is 8.29. The highest BCUT2D eigenvalue weighted by Gasteiger charge is 2.28. The Morgan fingerprint density at radius 2 is 2.09 bits per heavy atom. The van der Waals surface area contributed by atoms with Gasteiger partial charge >= 0.3 is 12.0 Å². The average Bonchev–Trinajstić information content (AvgIpc) is 2.58. The van der Waals surface area contributed by atoms with Crippen LogP contribution < -0.4 is 10.6 Å². The summed E-state index contributed by atoms with van der Waals surface area (Å²) in [6.07, 6.45) is 3.80. The van der Waals surface area contributed by atoms with Gasteiger partial charge in [-0.05, 0) is 36.3 Å². The van der Waals surface area contributed by atoms with Gasteiger partial charge in [-0.1, -0.05) is 44.5 Å². The fourth-order valence-corrected chi connectivity index (χ4v) is 3.04. The topological polar surface area (TPSA) is 67.4 Å². The van der Waals surface area contributed by atoms with Gasteiger partial charge in [-0.2, -0.15) is 0 Å². The smallest absolute Gasteiger partial charge is 0.328 e. The van der Waals surface area contributed by atoms with E-state index in [1.807, 2.05) is 26.0 Å². The fourth-order valence-electron chi connectivity index (χ4n) is 3.04. The second-order valence-electron chi connectivity index (χ2n) is 6.15. The lowest BCUT2D eigenvalue weighted by Gasteiger charge is -2.28. The van der Waals surface area contributed by atoms with E-state index in [9.17, 15) is 9.59 Å². The van der Waals surface area contributed by atoms with Crippen LogP contribution >= 0.6 is 0 Å². The van der Waals surface area contributed by atoms with Crippen LogP contribution in [-0.4, -0.2) is 25.2 Å². The maximum Gasteiger partial charge on any atom is 0.328 e. The molecular formula is C18H26N2O3. The molecule has 0 bridgehead atoms. The number of rotatable bonds is 5. The van der Waals surface area contributed by atoms with Gasteiger partial charge in [0.2, 0.25) is 0 Å². The monoisotopic (exact) mass is 318 g/mol. The second kappa shape index (κ2) is 7.99. The number of ether oxygens (including phenoxy) is 1. The first kappa shape index (κ1) is 17.3. The van der Waals surface area contributed by atoms with Gasteiger partial charge in [-0.25, -0.2) is 9.59 Å². The Balaban J connectivity index is 2.03. The summed E-state index contributed by atoms with van der Waals surface area (Å²) in [5, 5.41) is 5.78. The number of aryl methyl sites for hydroxylation is 1. The van der Waals surface area contributed by atoms with Gasteiger partial charge in [0.1, 0.15) is 6.04 Å². The molecule has 1 aromatic rings. The second-order valence-corrected chi connectivity index (χ2v) is 6.15. The summed E-state index contributed by atoms with van der Waals surface area (Å²) < 4.78 is 4.80. The van der Waals surface area contributed by atoms with Crippen LogP contribution in [0.3, 0.4) is 0 Å². The Morgan fingerprint density at radius 3 is 2.78 bits per heavy atom. The summed E-state index contributed by atoms with van der Waals surface area (Å²) in [4.78, 5) is 24.2. The van der Waals surface area contributed by atoms with E-state index in [0.29, 0.717) is 0 Å². The molecule has 0 saturated heterocycles. The van der Waals surface area contributed by atoms with Gasteiger partial charge in [0.05, 0.1) is 13.2 Å². The van der Waals surface area contributed by atoms with Crippen molar-refractivity contribution in [2.75, 3.05) is 7.11 Å². The molecule has 2 N–H and O–H groups in total. The molecule has 2 rings (SSSR count). The van der Waals surface area contributed by atoms with E-state index in [-0.39, 0.29) is 18.0 Å². The molecule has 0 spiro atoms. The van der Waals surface area contributed by atoms with Crippen molar-refractivity contribution in [2.24, 2.45) is 5.92 Å². The van der Waals surface area contributed by atoms with E-state index in [1.165, 1.54) is 18.2 Å². The highest BCUT2D eigenvalue weighted by atomic mass is 16.5. The number of hydrogen-bond acceptors (Lipinski definition) is 3. The van der Waals surface area contributed by atoms with Crippen LogP contribution in [0, 0.1) is 5.92 Å².